The number of benzene rings is 1. The van der Waals surface area contributed by atoms with Crippen LogP contribution in [0.5, 0.6) is 0 Å². The van der Waals surface area contributed by atoms with Gasteiger partial charge in [0.1, 0.15) is 5.60 Å². The Hall–Kier alpha value is -2.30. The quantitative estimate of drug-likeness (QED) is 0.660. The Morgan fingerprint density at radius 1 is 1.24 bits per heavy atom. The van der Waals surface area contributed by atoms with Gasteiger partial charge in [0.05, 0.1) is 0 Å². The summed E-state index contributed by atoms with van der Waals surface area (Å²) in [6, 6.07) is 6.97. The van der Waals surface area contributed by atoms with Gasteiger partial charge in [0.15, 0.2) is 5.78 Å². The number of alkyl carbamates (subject to hydrolysis) is 1. The van der Waals surface area contributed by atoms with Crippen molar-refractivity contribution >= 4 is 11.9 Å². The minimum atomic E-state index is -0.521. The molecule has 114 valence electrons. The predicted octanol–water partition coefficient (Wildman–Crippen LogP) is 2.76. The molecule has 5 nitrogen and oxygen atoms in total. The smallest absolute Gasteiger partial charge is 0.407 e. The third-order valence-electron chi connectivity index (χ3n) is 2.43. The number of carbonyl (C=O) groups excluding carboxylic acids is 2. The summed E-state index contributed by atoms with van der Waals surface area (Å²) < 4.78 is 5.14. The molecule has 0 aliphatic rings. The van der Waals surface area contributed by atoms with E-state index >= 15 is 0 Å². The lowest BCUT2D eigenvalue weighted by atomic mass is 10.1. The number of rotatable bonds is 4. The van der Waals surface area contributed by atoms with Gasteiger partial charge >= 0.3 is 6.09 Å². The summed E-state index contributed by atoms with van der Waals surface area (Å²) in [5.41, 5.74) is 6.85. The molecule has 1 aromatic rings. The molecular formula is C16H22N2O3. The van der Waals surface area contributed by atoms with E-state index in [1.54, 1.807) is 52.0 Å². The van der Waals surface area contributed by atoms with Crippen LogP contribution in [0.3, 0.4) is 0 Å². The molecule has 0 aliphatic carbocycles. The van der Waals surface area contributed by atoms with E-state index in [1.165, 1.54) is 6.08 Å². The molecule has 0 aliphatic heterocycles. The summed E-state index contributed by atoms with van der Waals surface area (Å²) in [5, 5.41) is 2.66. The van der Waals surface area contributed by atoms with E-state index < -0.39 is 11.7 Å². The van der Waals surface area contributed by atoms with E-state index in [1.807, 2.05) is 0 Å². The van der Waals surface area contributed by atoms with Gasteiger partial charge in [-0.25, -0.2) is 4.79 Å². The normalized spacial score (nSPS) is 11.9. The van der Waals surface area contributed by atoms with Crippen LogP contribution in [0.2, 0.25) is 0 Å². The van der Waals surface area contributed by atoms with Crippen molar-refractivity contribution in [2.75, 3.05) is 0 Å². The second kappa shape index (κ2) is 6.92. The fourth-order valence-corrected chi connectivity index (χ4v) is 1.57. The Bertz CT molecular complexity index is 536. The van der Waals surface area contributed by atoms with Crippen molar-refractivity contribution in [3.63, 3.8) is 0 Å². The van der Waals surface area contributed by atoms with Crippen molar-refractivity contribution in [3.05, 3.63) is 47.2 Å². The molecule has 1 rings (SSSR count). The molecule has 0 unspecified atom stereocenters. The molecule has 0 heterocycles. The maximum absolute atomic E-state index is 11.7. The molecule has 0 saturated carbocycles. The van der Waals surface area contributed by atoms with E-state index in [0.29, 0.717) is 17.8 Å². The number of ketones is 1. The Kier molecular flexibility index (Phi) is 5.52. The number of allylic oxidation sites excluding steroid dienone is 2. The topological polar surface area (TPSA) is 81.4 Å². The number of hydrogen-bond acceptors (Lipinski definition) is 4. The van der Waals surface area contributed by atoms with Crippen LogP contribution in [-0.2, 0) is 11.3 Å². The Morgan fingerprint density at radius 3 is 2.29 bits per heavy atom. The highest BCUT2D eigenvalue weighted by Crippen LogP contribution is 2.09. The number of nitrogens with two attached hydrogens (primary N) is 1. The lowest BCUT2D eigenvalue weighted by Gasteiger charge is -2.19. The van der Waals surface area contributed by atoms with Crippen molar-refractivity contribution in [2.45, 2.75) is 39.8 Å². The Labute approximate surface area is 125 Å². The molecule has 21 heavy (non-hydrogen) atoms. The van der Waals surface area contributed by atoms with Crippen LogP contribution < -0.4 is 11.1 Å². The van der Waals surface area contributed by atoms with Crippen LogP contribution in [0.25, 0.3) is 0 Å². The van der Waals surface area contributed by atoms with Crippen molar-refractivity contribution in [1.82, 2.24) is 5.32 Å². The molecule has 0 atom stereocenters. The maximum Gasteiger partial charge on any atom is 0.407 e. The van der Waals surface area contributed by atoms with Crippen LogP contribution in [0, 0.1) is 0 Å². The number of carbonyl (C=O) groups is 2. The van der Waals surface area contributed by atoms with Gasteiger partial charge in [0.2, 0.25) is 0 Å². The first kappa shape index (κ1) is 16.8. The molecule has 5 heteroatoms. The molecule has 0 spiro atoms. The van der Waals surface area contributed by atoms with Crippen LogP contribution in [0.15, 0.2) is 36.0 Å². The van der Waals surface area contributed by atoms with Gasteiger partial charge in [-0.3, -0.25) is 4.79 Å². The minimum absolute atomic E-state index is 0.137. The van der Waals surface area contributed by atoms with E-state index in [-0.39, 0.29) is 5.78 Å². The zero-order valence-electron chi connectivity index (χ0n) is 12.9. The summed E-state index contributed by atoms with van der Waals surface area (Å²) in [5.74, 6) is -0.137. The molecule has 1 amide bonds. The zero-order chi connectivity index (χ0) is 16.0. The van der Waals surface area contributed by atoms with Crippen LogP contribution in [0.4, 0.5) is 4.79 Å². The van der Waals surface area contributed by atoms with Gasteiger partial charge in [-0.05, 0) is 33.3 Å². The summed E-state index contributed by atoms with van der Waals surface area (Å²) in [6.45, 7) is 7.42. The lowest BCUT2D eigenvalue weighted by Crippen LogP contribution is -2.32. The summed E-state index contributed by atoms with van der Waals surface area (Å²) in [6.07, 6.45) is 0.915. The number of nitrogens with one attached hydrogen (secondary N) is 1. The third kappa shape index (κ3) is 6.61. The van der Waals surface area contributed by atoms with Crippen LogP contribution >= 0.6 is 0 Å². The van der Waals surface area contributed by atoms with E-state index in [9.17, 15) is 9.59 Å². The van der Waals surface area contributed by atoms with E-state index in [0.717, 1.165) is 5.56 Å². The van der Waals surface area contributed by atoms with Gasteiger partial charge in [0.25, 0.3) is 0 Å². The van der Waals surface area contributed by atoms with Gasteiger partial charge in [-0.1, -0.05) is 24.3 Å². The first-order valence-electron chi connectivity index (χ1n) is 6.71. The molecule has 0 saturated heterocycles. The molecule has 0 radical (unpaired) electrons. The molecule has 0 aromatic heterocycles. The summed E-state index contributed by atoms with van der Waals surface area (Å²) >= 11 is 0. The molecule has 3 N–H and O–H groups in total. The van der Waals surface area contributed by atoms with Crippen molar-refractivity contribution in [2.24, 2.45) is 5.73 Å². The molecular weight excluding hydrogens is 268 g/mol. The summed E-state index contributed by atoms with van der Waals surface area (Å²) in [7, 11) is 0. The average Bonchev–Trinajstić information content (AvgIpc) is 2.34. The fraction of sp³-hybridized carbons (Fsp3) is 0.375. The maximum atomic E-state index is 11.7. The van der Waals surface area contributed by atoms with Crippen molar-refractivity contribution in [3.8, 4) is 0 Å². The SMILES string of the molecule is C/C(N)=C/C(=O)c1ccc(CNC(=O)OC(C)(C)C)cc1. The molecule has 1 aromatic carbocycles. The fourth-order valence-electron chi connectivity index (χ4n) is 1.57. The average molecular weight is 290 g/mol. The summed E-state index contributed by atoms with van der Waals surface area (Å²) in [4.78, 5) is 23.3. The van der Waals surface area contributed by atoms with Crippen molar-refractivity contribution < 1.29 is 14.3 Å². The third-order valence-corrected chi connectivity index (χ3v) is 2.43. The lowest BCUT2D eigenvalue weighted by molar-refractivity contribution is 0.0523. The largest absolute Gasteiger partial charge is 0.444 e. The minimum Gasteiger partial charge on any atom is -0.444 e. The van der Waals surface area contributed by atoms with Gasteiger partial charge < -0.3 is 15.8 Å². The number of ether oxygens (including phenoxy) is 1. The van der Waals surface area contributed by atoms with Gasteiger partial charge in [0, 0.05) is 23.9 Å². The van der Waals surface area contributed by atoms with Crippen LogP contribution in [-0.4, -0.2) is 17.5 Å². The van der Waals surface area contributed by atoms with Gasteiger partial charge in [-0.15, -0.1) is 0 Å². The predicted molar refractivity (Wildman–Crippen MR) is 81.8 cm³/mol. The molecule has 0 fully saturated rings. The highest BCUT2D eigenvalue weighted by molar-refractivity contribution is 6.04. The second-order valence-corrected chi connectivity index (χ2v) is 5.80. The second-order valence-electron chi connectivity index (χ2n) is 5.80. The zero-order valence-corrected chi connectivity index (χ0v) is 12.9. The van der Waals surface area contributed by atoms with Crippen molar-refractivity contribution in [1.29, 1.82) is 0 Å². The first-order valence-corrected chi connectivity index (χ1v) is 6.71. The highest BCUT2D eigenvalue weighted by Gasteiger charge is 2.15. The van der Waals surface area contributed by atoms with E-state index in [4.69, 9.17) is 10.5 Å². The molecule has 0 bridgehead atoms. The first-order chi connectivity index (χ1) is 9.67. The standard InChI is InChI=1S/C16H22N2O3/c1-11(17)9-14(19)13-7-5-12(6-8-13)10-18-15(20)21-16(2,3)4/h5-9H,10,17H2,1-4H3,(H,18,20)/b11-9-. The monoisotopic (exact) mass is 290 g/mol. The number of hydrogen-bond donors (Lipinski definition) is 2. The number of amides is 1. The Balaban J connectivity index is 2.58. The highest BCUT2D eigenvalue weighted by atomic mass is 16.6. The van der Waals surface area contributed by atoms with Crippen LogP contribution in [0.1, 0.15) is 43.6 Å². The Morgan fingerprint density at radius 2 is 1.81 bits per heavy atom. The van der Waals surface area contributed by atoms with Gasteiger partial charge in [-0.2, -0.15) is 0 Å². The van der Waals surface area contributed by atoms with E-state index in [2.05, 4.69) is 5.32 Å².